The van der Waals surface area contributed by atoms with Gasteiger partial charge in [-0.3, -0.25) is 9.78 Å². The summed E-state index contributed by atoms with van der Waals surface area (Å²) in [6.07, 6.45) is 1.45. The van der Waals surface area contributed by atoms with Crippen molar-refractivity contribution in [2.75, 3.05) is 20.0 Å². The van der Waals surface area contributed by atoms with Crippen molar-refractivity contribution in [3.63, 3.8) is 0 Å². The summed E-state index contributed by atoms with van der Waals surface area (Å²) in [4.78, 5) is 18.5. The lowest BCUT2D eigenvalue weighted by molar-refractivity contribution is 0.404. The molecule has 0 radical (unpaired) electrons. The molecule has 7 nitrogen and oxygen atoms in total. The maximum absolute atomic E-state index is 12.1. The van der Waals surface area contributed by atoms with Gasteiger partial charge in [0.15, 0.2) is 0 Å². The summed E-state index contributed by atoms with van der Waals surface area (Å²) in [5, 5.41) is 0.316. The largest absolute Gasteiger partial charge is 0.497 e. The van der Waals surface area contributed by atoms with E-state index in [-0.39, 0.29) is 17.2 Å². The highest BCUT2D eigenvalue weighted by atomic mass is 16.5. The standard InChI is InChI=1S/C14H13N3O4/c1-19-7-3-4-10(20-2)8(5-7)9-6-21-13-11(9)12(18)16-14(15)17-13/h3-6H,1-2H3,(H3,15,16,17,18). The van der Waals surface area contributed by atoms with Gasteiger partial charge in [-0.2, -0.15) is 4.98 Å². The van der Waals surface area contributed by atoms with E-state index < -0.39 is 0 Å². The van der Waals surface area contributed by atoms with Gasteiger partial charge in [0, 0.05) is 11.1 Å². The number of nitrogens with zero attached hydrogens (tertiary/aromatic N) is 1. The van der Waals surface area contributed by atoms with Crippen LogP contribution in [-0.2, 0) is 0 Å². The third-order valence-electron chi connectivity index (χ3n) is 3.16. The minimum Gasteiger partial charge on any atom is -0.497 e. The number of hydrogen-bond acceptors (Lipinski definition) is 6. The van der Waals surface area contributed by atoms with E-state index in [0.717, 1.165) is 0 Å². The third-order valence-corrected chi connectivity index (χ3v) is 3.16. The second kappa shape index (κ2) is 4.86. The van der Waals surface area contributed by atoms with Crippen LogP contribution in [0.25, 0.3) is 22.2 Å². The molecular formula is C14H13N3O4. The number of methoxy groups -OCH3 is 2. The molecule has 108 valence electrons. The summed E-state index contributed by atoms with van der Waals surface area (Å²) in [6.45, 7) is 0. The van der Waals surface area contributed by atoms with Crippen LogP contribution >= 0.6 is 0 Å². The Morgan fingerprint density at radius 2 is 2.05 bits per heavy atom. The maximum Gasteiger partial charge on any atom is 0.264 e. The first-order valence-corrected chi connectivity index (χ1v) is 6.13. The van der Waals surface area contributed by atoms with Gasteiger partial charge in [0.05, 0.1) is 14.2 Å². The van der Waals surface area contributed by atoms with Crippen LogP contribution in [-0.4, -0.2) is 24.2 Å². The molecule has 0 saturated carbocycles. The molecule has 2 heterocycles. The Bertz CT molecular complexity index is 866. The number of ether oxygens (including phenoxy) is 2. The lowest BCUT2D eigenvalue weighted by atomic mass is 10.0. The second-order valence-electron chi connectivity index (χ2n) is 4.35. The molecule has 3 aromatic rings. The number of aromatic amines is 1. The molecule has 1 aromatic carbocycles. The molecule has 0 amide bonds. The van der Waals surface area contributed by atoms with Gasteiger partial charge in [-0.05, 0) is 18.2 Å². The maximum atomic E-state index is 12.1. The fraction of sp³-hybridized carbons (Fsp3) is 0.143. The van der Waals surface area contributed by atoms with Gasteiger partial charge >= 0.3 is 0 Å². The highest BCUT2D eigenvalue weighted by Gasteiger charge is 2.17. The van der Waals surface area contributed by atoms with Crippen LogP contribution < -0.4 is 20.8 Å². The molecule has 21 heavy (non-hydrogen) atoms. The summed E-state index contributed by atoms with van der Waals surface area (Å²) in [7, 11) is 3.11. The molecule has 7 heteroatoms. The van der Waals surface area contributed by atoms with Gasteiger partial charge in [-0.1, -0.05) is 0 Å². The van der Waals surface area contributed by atoms with Crippen LogP contribution in [0.5, 0.6) is 11.5 Å². The number of nitrogen functional groups attached to an aromatic ring is 1. The molecule has 3 N–H and O–H groups in total. The lowest BCUT2D eigenvalue weighted by Gasteiger charge is -2.09. The minimum absolute atomic E-state index is 0.00556. The van der Waals surface area contributed by atoms with Crippen molar-refractivity contribution < 1.29 is 13.9 Å². The van der Waals surface area contributed by atoms with Gasteiger partial charge < -0.3 is 19.6 Å². The van der Waals surface area contributed by atoms with Crippen LogP contribution in [0.1, 0.15) is 0 Å². The zero-order valence-electron chi connectivity index (χ0n) is 11.5. The molecule has 0 spiro atoms. The smallest absolute Gasteiger partial charge is 0.264 e. The fourth-order valence-electron chi connectivity index (χ4n) is 2.19. The van der Waals surface area contributed by atoms with Crippen molar-refractivity contribution in [2.24, 2.45) is 0 Å². The monoisotopic (exact) mass is 287 g/mol. The number of hydrogen-bond donors (Lipinski definition) is 2. The normalized spacial score (nSPS) is 10.8. The van der Waals surface area contributed by atoms with E-state index in [0.29, 0.717) is 28.0 Å². The average molecular weight is 287 g/mol. The van der Waals surface area contributed by atoms with Crippen molar-refractivity contribution in [1.82, 2.24) is 9.97 Å². The van der Waals surface area contributed by atoms with E-state index in [1.54, 1.807) is 32.4 Å². The summed E-state index contributed by atoms with van der Waals surface area (Å²) in [5.74, 6) is 1.24. The molecule has 0 saturated heterocycles. The highest BCUT2D eigenvalue weighted by Crippen LogP contribution is 2.36. The van der Waals surface area contributed by atoms with Crippen molar-refractivity contribution in [2.45, 2.75) is 0 Å². The Balaban J connectivity index is 2.33. The number of aromatic nitrogens is 2. The summed E-state index contributed by atoms with van der Waals surface area (Å²) in [5.41, 5.74) is 6.55. The van der Waals surface area contributed by atoms with E-state index in [1.165, 1.54) is 6.26 Å². The summed E-state index contributed by atoms with van der Waals surface area (Å²) < 4.78 is 15.9. The van der Waals surface area contributed by atoms with Gasteiger partial charge in [0.2, 0.25) is 11.7 Å². The minimum atomic E-state index is -0.369. The highest BCUT2D eigenvalue weighted by molar-refractivity contribution is 5.93. The number of nitrogens with one attached hydrogen (secondary N) is 1. The summed E-state index contributed by atoms with van der Waals surface area (Å²) in [6, 6.07) is 5.29. The van der Waals surface area contributed by atoms with Crippen LogP contribution in [0.2, 0.25) is 0 Å². The number of benzene rings is 1. The zero-order chi connectivity index (χ0) is 15.0. The molecule has 3 rings (SSSR count). The molecular weight excluding hydrogens is 274 g/mol. The fourth-order valence-corrected chi connectivity index (χ4v) is 2.19. The molecule has 0 unspecified atom stereocenters. The predicted molar refractivity (Wildman–Crippen MR) is 77.6 cm³/mol. The zero-order valence-corrected chi connectivity index (χ0v) is 11.5. The van der Waals surface area contributed by atoms with Gasteiger partial charge in [0.1, 0.15) is 23.1 Å². The van der Waals surface area contributed by atoms with Crippen molar-refractivity contribution in [1.29, 1.82) is 0 Å². The van der Waals surface area contributed by atoms with Gasteiger partial charge in [-0.25, -0.2) is 0 Å². The van der Waals surface area contributed by atoms with Crippen LogP contribution in [0.15, 0.2) is 33.7 Å². The average Bonchev–Trinajstić information content (AvgIpc) is 2.90. The second-order valence-corrected chi connectivity index (χ2v) is 4.35. The van der Waals surface area contributed by atoms with E-state index in [2.05, 4.69) is 9.97 Å². The van der Waals surface area contributed by atoms with Gasteiger partial charge in [0.25, 0.3) is 5.56 Å². The Morgan fingerprint density at radius 3 is 2.76 bits per heavy atom. The number of furan rings is 1. The summed E-state index contributed by atoms with van der Waals surface area (Å²) >= 11 is 0. The van der Waals surface area contributed by atoms with E-state index in [9.17, 15) is 4.79 Å². The Kier molecular flexibility index (Phi) is 3.02. The Morgan fingerprint density at radius 1 is 1.24 bits per heavy atom. The first-order chi connectivity index (χ1) is 10.1. The van der Waals surface area contributed by atoms with Crippen LogP contribution in [0.3, 0.4) is 0 Å². The lowest BCUT2D eigenvalue weighted by Crippen LogP contribution is -2.10. The first-order valence-electron chi connectivity index (χ1n) is 6.13. The van der Waals surface area contributed by atoms with E-state index in [1.807, 2.05) is 0 Å². The molecule has 0 aliphatic heterocycles. The van der Waals surface area contributed by atoms with E-state index >= 15 is 0 Å². The molecule has 0 fully saturated rings. The molecule has 0 aliphatic rings. The van der Waals surface area contributed by atoms with Crippen LogP contribution in [0, 0.1) is 0 Å². The van der Waals surface area contributed by atoms with Crippen molar-refractivity contribution >= 4 is 17.0 Å². The topological polar surface area (TPSA) is 103 Å². The predicted octanol–water partition coefficient (Wildman–Crippen LogP) is 1.78. The molecule has 0 bridgehead atoms. The first kappa shape index (κ1) is 13.0. The number of H-pyrrole nitrogens is 1. The molecule has 2 aromatic heterocycles. The third kappa shape index (κ3) is 2.08. The Labute approximate surface area is 119 Å². The number of rotatable bonds is 3. The quantitative estimate of drug-likeness (QED) is 0.761. The molecule has 0 aliphatic carbocycles. The Hall–Kier alpha value is -2.96. The SMILES string of the molecule is COc1ccc(OC)c(-c2coc3nc(N)[nH]c(=O)c23)c1. The number of nitrogens with two attached hydrogens (primary N) is 1. The van der Waals surface area contributed by atoms with Crippen molar-refractivity contribution in [3.05, 3.63) is 34.8 Å². The number of anilines is 1. The van der Waals surface area contributed by atoms with E-state index in [4.69, 9.17) is 19.6 Å². The molecule has 0 atom stereocenters. The van der Waals surface area contributed by atoms with Crippen molar-refractivity contribution in [3.8, 4) is 22.6 Å². The number of fused-ring (bicyclic) bond motifs is 1. The van der Waals surface area contributed by atoms with Crippen LogP contribution in [0.4, 0.5) is 5.95 Å². The van der Waals surface area contributed by atoms with Gasteiger partial charge in [-0.15, -0.1) is 0 Å².